The normalized spacial score (nSPS) is 17.1. The summed E-state index contributed by atoms with van der Waals surface area (Å²) >= 11 is 0. The molecule has 1 saturated heterocycles. The van der Waals surface area contributed by atoms with E-state index in [4.69, 9.17) is 4.74 Å². The molecule has 7 nitrogen and oxygen atoms in total. The summed E-state index contributed by atoms with van der Waals surface area (Å²) in [6.07, 6.45) is 0. The Morgan fingerprint density at radius 1 is 1.10 bits per heavy atom. The van der Waals surface area contributed by atoms with E-state index >= 15 is 0 Å². The molecule has 0 radical (unpaired) electrons. The van der Waals surface area contributed by atoms with Gasteiger partial charge in [-0.05, 0) is 49.4 Å². The van der Waals surface area contributed by atoms with Crippen LogP contribution in [0, 0.1) is 0 Å². The Balaban J connectivity index is 1.48. The number of likely N-dealkylation sites (N-methyl/N-ethyl adjacent to an activating group) is 1. The van der Waals surface area contributed by atoms with Crippen molar-refractivity contribution in [3.63, 3.8) is 0 Å². The highest BCUT2D eigenvalue weighted by Gasteiger charge is 2.26. The van der Waals surface area contributed by atoms with Gasteiger partial charge in [-0.25, -0.2) is 4.79 Å². The van der Waals surface area contributed by atoms with Crippen molar-refractivity contribution in [2.75, 3.05) is 32.6 Å². The Labute approximate surface area is 171 Å². The fraction of sp³-hybridized carbons (Fsp3) is 0.364. The fourth-order valence-electron chi connectivity index (χ4n) is 3.20. The predicted molar refractivity (Wildman–Crippen MR) is 113 cm³/mol. The molecule has 2 aromatic rings. The van der Waals surface area contributed by atoms with Gasteiger partial charge in [0.15, 0.2) is 0 Å². The minimum Gasteiger partial charge on any atom is -0.497 e. The number of piperazine rings is 1. The van der Waals surface area contributed by atoms with Crippen molar-refractivity contribution >= 4 is 17.6 Å². The van der Waals surface area contributed by atoms with Crippen LogP contribution >= 0.6 is 0 Å². The number of methoxy groups -OCH3 is 1. The lowest BCUT2D eigenvalue weighted by Gasteiger charge is -2.37. The summed E-state index contributed by atoms with van der Waals surface area (Å²) in [5, 5.41) is 5.66. The van der Waals surface area contributed by atoms with Gasteiger partial charge in [0, 0.05) is 31.4 Å². The second kappa shape index (κ2) is 9.43. The standard InChI is InChI=1S/C22H28N4O3/c1-16-13-26(21(27)15-25(16)2)14-18-4-8-19(9-5-18)24-22(28)23-12-17-6-10-20(29-3)11-7-17/h4-11,16H,12-15H2,1-3H3,(H2,23,24,28)/t16-/m0/s1. The van der Waals surface area contributed by atoms with E-state index in [0.29, 0.717) is 31.4 Å². The molecule has 0 spiro atoms. The monoisotopic (exact) mass is 396 g/mol. The van der Waals surface area contributed by atoms with Gasteiger partial charge in [-0.1, -0.05) is 24.3 Å². The number of anilines is 1. The van der Waals surface area contributed by atoms with Gasteiger partial charge < -0.3 is 20.3 Å². The lowest BCUT2D eigenvalue weighted by molar-refractivity contribution is -0.138. The first-order valence-corrected chi connectivity index (χ1v) is 9.69. The molecule has 1 heterocycles. The first-order valence-electron chi connectivity index (χ1n) is 9.69. The smallest absolute Gasteiger partial charge is 0.319 e. The maximum absolute atomic E-state index is 12.2. The van der Waals surface area contributed by atoms with E-state index in [9.17, 15) is 9.59 Å². The summed E-state index contributed by atoms with van der Waals surface area (Å²) in [5.74, 6) is 0.928. The Morgan fingerprint density at radius 2 is 1.76 bits per heavy atom. The number of carbonyl (C=O) groups is 2. The molecular weight excluding hydrogens is 368 g/mol. The van der Waals surface area contributed by atoms with Gasteiger partial charge >= 0.3 is 6.03 Å². The third kappa shape index (κ3) is 5.71. The minimum absolute atomic E-state index is 0.144. The number of amides is 3. The number of carbonyl (C=O) groups excluding carboxylic acids is 2. The van der Waals surface area contributed by atoms with E-state index in [1.54, 1.807) is 7.11 Å². The highest BCUT2D eigenvalue weighted by molar-refractivity contribution is 5.89. The SMILES string of the molecule is COc1ccc(CNC(=O)Nc2ccc(CN3C[C@H](C)N(C)CC3=O)cc2)cc1. The molecule has 0 aromatic heterocycles. The molecule has 2 aromatic carbocycles. The third-order valence-corrected chi connectivity index (χ3v) is 5.17. The number of nitrogens with zero attached hydrogens (tertiary/aromatic N) is 2. The highest BCUT2D eigenvalue weighted by Crippen LogP contribution is 2.15. The number of nitrogens with one attached hydrogen (secondary N) is 2. The van der Waals surface area contributed by atoms with Crippen molar-refractivity contribution in [1.82, 2.24) is 15.1 Å². The number of hydrogen-bond acceptors (Lipinski definition) is 4. The molecule has 1 aliphatic rings. The Morgan fingerprint density at radius 3 is 2.41 bits per heavy atom. The molecule has 29 heavy (non-hydrogen) atoms. The van der Waals surface area contributed by atoms with Crippen LogP contribution in [-0.4, -0.2) is 55.0 Å². The molecule has 7 heteroatoms. The lowest BCUT2D eigenvalue weighted by Crippen LogP contribution is -2.53. The van der Waals surface area contributed by atoms with Crippen molar-refractivity contribution in [3.05, 3.63) is 59.7 Å². The van der Waals surface area contributed by atoms with E-state index < -0.39 is 0 Å². The van der Waals surface area contributed by atoms with Crippen LogP contribution in [0.2, 0.25) is 0 Å². The summed E-state index contributed by atoms with van der Waals surface area (Å²) in [4.78, 5) is 28.3. The maximum Gasteiger partial charge on any atom is 0.319 e. The number of ether oxygens (including phenoxy) is 1. The Hall–Kier alpha value is -3.06. The highest BCUT2D eigenvalue weighted by atomic mass is 16.5. The van der Waals surface area contributed by atoms with Crippen LogP contribution in [0.1, 0.15) is 18.1 Å². The van der Waals surface area contributed by atoms with Crippen molar-refractivity contribution in [2.24, 2.45) is 0 Å². The van der Waals surface area contributed by atoms with Gasteiger partial charge in [0.2, 0.25) is 5.91 Å². The molecule has 0 aliphatic carbocycles. The lowest BCUT2D eigenvalue weighted by atomic mass is 10.1. The Kier molecular flexibility index (Phi) is 6.72. The molecule has 2 N–H and O–H groups in total. The van der Waals surface area contributed by atoms with Crippen LogP contribution < -0.4 is 15.4 Å². The van der Waals surface area contributed by atoms with Gasteiger partial charge in [-0.3, -0.25) is 9.69 Å². The largest absolute Gasteiger partial charge is 0.497 e. The van der Waals surface area contributed by atoms with E-state index in [1.807, 2.05) is 60.5 Å². The number of urea groups is 1. The van der Waals surface area contributed by atoms with Crippen molar-refractivity contribution < 1.29 is 14.3 Å². The quantitative estimate of drug-likeness (QED) is 0.787. The average Bonchev–Trinajstić information content (AvgIpc) is 2.72. The summed E-state index contributed by atoms with van der Waals surface area (Å²) in [6, 6.07) is 15.2. The van der Waals surface area contributed by atoms with E-state index in [-0.39, 0.29) is 11.9 Å². The molecule has 0 bridgehead atoms. The van der Waals surface area contributed by atoms with Gasteiger partial charge in [0.1, 0.15) is 5.75 Å². The van der Waals surface area contributed by atoms with Crippen LogP contribution in [0.4, 0.5) is 10.5 Å². The van der Waals surface area contributed by atoms with Crippen LogP contribution in [0.15, 0.2) is 48.5 Å². The van der Waals surface area contributed by atoms with Crippen LogP contribution in [0.5, 0.6) is 5.75 Å². The van der Waals surface area contributed by atoms with E-state index in [2.05, 4.69) is 22.5 Å². The first kappa shape index (κ1) is 20.7. The van der Waals surface area contributed by atoms with Crippen molar-refractivity contribution in [1.29, 1.82) is 0 Å². The fourth-order valence-corrected chi connectivity index (χ4v) is 3.20. The van der Waals surface area contributed by atoms with E-state index in [0.717, 1.165) is 23.4 Å². The molecule has 154 valence electrons. The molecule has 0 saturated carbocycles. The molecule has 3 rings (SSSR count). The van der Waals surface area contributed by atoms with Crippen LogP contribution in [0.25, 0.3) is 0 Å². The van der Waals surface area contributed by atoms with Gasteiger partial charge in [-0.15, -0.1) is 0 Å². The molecular formula is C22H28N4O3. The number of benzene rings is 2. The van der Waals surface area contributed by atoms with Gasteiger partial charge in [0.25, 0.3) is 0 Å². The zero-order chi connectivity index (χ0) is 20.8. The molecule has 1 aliphatic heterocycles. The number of hydrogen-bond donors (Lipinski definition) is 2. The van der Waals surface area contributed by atoms with Crippen LogP contribution in [-0.2, 0) is 17.9 Å². The topological polar surface area (TPSA) is 73.9 Å². The zero-order valence-electron chi connectivity index (χ0n) is 17.1. The van der Waals surface area contributed by atoms with E-state index in [1.165, 1.54) is 0 Å². The zero-order valence-corrected chi connectivity index (χ0v) is 17.1. The summed E-state index contributed by atoms with van der Waals surface area (Å²) in [5.41, 5.74) is 2.74. The minimum atomic E-state index is -0.267. The maximum atomic E-state index is 12.2. The second-order valence-electron chi connectivity index (χ2n) is 7.39. The van der Waals surface area contributed by atoms with Gasteiger partial charge in [0.05, 0.1) is 13.7 Å². The number of rotatable bonds is 6. The van der Waals surface area contributed by atoms with Crippen LogP contribution in [0.3, 0.4) is 0 Å². The van der Waals surface area contributed by atoms with Crippen molar-refractivity contribution in [2.45, 2.75) is 26.1 Å². The van der Waals surface area contributed by atoms with Crippen molar-refractivity contribution in [3.8, 4) is 5.75 Å². The Bertz CT molecular complexity index is 836. The molecule has 3 amide bonds. The predicted octanol–water partition coefficient (Wildman–Crippen LogP) is 2.68. The first-order chi connectivity index (χ1) is 13.9. The molecule has 1 atom stereocenters. The molecule has 1 fully saturated rings. The molecule has 0 unspecified atom stereocenters. The summed E-state index contributed by atoms with van der Waals surface area (Å²) < 4.78 is 5.12. The second-order valence-corrected chi connectivity index (χ2v) is 7.39. The summed E-state index contributed by atoms with van der Waals surface area (Å²) in [6.45, 7) is 4.31. The third-order valence-electron chi connectivity index (χ3n) is 5.17. The average molecular weight is 396 g/mol. The van der Waals surface area contributed by atoms with Gasteiger partial charge in [-0.2, -0.15) is 0 Å². The summed E-state index contributed by atoms with van der Waals surface area (Å²) in [7, 11) is 3.59.